The summed E-state index contributed by atoms with van der Waals surface area (Å²) in [5.41, 5.74) is 7.20. The first-order valence-corrected chi connectivity index (χ1v) is 9.09. The van der Waals surface area contributed by atoms with Crippen LogP contribution in [0, 0.1) is 13.8 Å². The summed E-state index contributed by atoms with van der Waals surface area (Å²) in [5, 5.41) is 21.2. The van der Waals surface area contributed by atoms with Crippen molar-refractivity contribution >= 4 is 6.08 Å². The molecule has 0 amide bonds. The van der Waals surface area contributed by atoms with Crippen molar-refractivity contribution in [3.05, 3.63) is 33.6 Å². The zero-order valence-corrected chi connectivity index (χ0v) is 16.5. The molecule has 2 N–H and O–H groups in total. The van der Waals surface area contributed by atoms with Crippen LogP contribution < -0.4 is 0 Å². The van der Waals surface area contributed by atoms with Gasteiger partial charge in [0.1, 0.15) is 11.5 Å². The standard InChI is InChI=1S/C22H34O2/c1-8-9-10-11-12-15(2)13-14-18-19(22(5,6)7)21(24)17(4)16(3)20(18)23/h14,23-24H,8-12H2,1-7H3. The van der Waals surface area contributed by atoms with Gasteiger partial charge in [0.05, 0.1) is 0 Å². The van der Waals surface area contributed by atoms with Crippen LogP contribution in [0.3, 0.4) is 0 Å². The maximum Gasteiger partial charge on any atom is 0.127 e. The van der Waals surface area contributed by atoms with Gasteiger partial charge in [-0.25, -0.2) is 0 Å². The summed E-state index contributed by atoms with van der Waals surface area (Å²) in [5.74, 6) is 0.535. The highest BCUT2D eigenvalue weighted by atomic mass is 16.3. The lowest BCUT2D eigenvalue weighted by Gasteiger charge is -2.26. The minimum absolute atomic E-state index is 0.251. The van der Waals surface area contributed by atoms with E-state index in [4.69, 9.17) is 0 Å². The van der Waals surface area contributed by atoms with Gasteiger partial charge in [0.2, 0.25) is 0 Å². The fourth-order valence-corrected chi connectivity index (χ4v) is 2.97. The molecule has 24 heavy (non-hydrogen) atoms. The van der Waals surface area contributed by atoms with Gasteiger partial charge in [-0.2, -0.15) is 0 Å². The summed E-state index contributed by atoms with van der Waals surface area (Å²) in [6, 6.07) is 0. The highest BCUT2D eigenvalue weighted by molar-refractivity contribution is 5.70. The summed E-state index contributed by atoms with van der Waals surface area (Å²) < 4.78 is 0. The molecule has 0 heterocycles. The number of rotatable bonds is 6. The third-order valence-electron chi connectivity index (χ3n) is 4.65. The number of benzene rings is 1. The smallest absolute Gasteiger partial charge is 0.127 e. The molecule has 2 nitrogen and oxygen atoms in total. The predicted octanol–water partition coefficient (Wildman–Crippen LogP) is 6.54. The molecule has 0 spiro atoms. The lowest BCUT2D eigenvalue weighted by Crippen LogP contribution is -2.14. The van der Waals surface area contributed by atoms with Crippen molar-refractivity contribution in [3.63, 3.8) is 0 Å². The number of phenols is 2. The molecule has 0 aliphatic carbocycles. The van der Waals surface area contributed by atoms with Crippen LogP contribution in [0.15, 0.2) is 11.3 Å². The summed E-state index contributed by atoms with van der Waals surface area (Å²) in [6.07, 6.45) is 7.81. The van der Waals surface area contributed by atoms with Crippen LogP contribution in [0.5, 0.6) is 11.5 Å². The number of unbranched alkanes of at least 4 members (excludes halogenated alkanes) is 3. The predicted molar refractivity (Wildman–Crippen MR) is 104 cm³/mol. The van der Waals surface area contributed by atoms with E-state index in [0.717, 1.165) is 23.1 Å². The second-order valence-electron chi connectivity index (χ2n) is 7.87. The first kappa shape index (κ1) is 20.4. The highest BCUT2D eigenvalue weighted by Crippen LogP contribution is 2.43. The Morgan fingerprint density at radius 1 is 1.00 bits per heavy atom. The van der Waals surface area contributed by atoms with E-state index in [2.05, 4.69) is 40.3 Å². The van der Waals surface area contributed by atoms with Crippen molar-refractivity contribution in [3.8, 4) is 11.5 Å². The molecule has 0 fully saturated rings. The average Bonchev–Trinajstić information content (AvgIpc) is 2.50. The van der Waals surface area contributed by atoms with Gasteiger partial charge in [-0.1, -0.05) is 47.0 Å². The van der Waals surface area contributed by atoms with Gasteiger partial charge in [0.15, 0.2) is 0 Å². The first-order chi connectivity index (χ1) is 11.1. The van der Waals surface area contributed by atoms with Gasteiger partial charge < -0.3 is 10.2 Å². The SMILES string of the molecule is CCCCCCC(C)=C=Cc1c(O)c(C)c(C)c(O)c1C(C)(C)C. The number of hydrogen-bond donors (Lipinski definition) is 2. The van der Waals surface area contributed by atoms with Crippen LogP contribution in [0.1, 0.15) is 89.0 Å². The fourth-order valence-electron chi connectivity index (χ4n) is 2.97. The van der Waals surface area contributed by atoms with Gasteiger partial charge in [0.25, 0.3) is 0 Å². The first-order valence-electron chi connectivity index (χ1n) is 9.09. The molecule has 0 bridgehead atoms. The zero-order chi connectivity index (χ0) is 18.5. The zero-order valence-electron chi connectivity index (χ0n) is 16.5. The summed E-state index contributed by atoms with van der Waals surface area (Å²) >= 11 is 0. The Labute approximate surface area is 147 Å². The number of hydrogen-bond acceptors (Lipinski definition) is 2. The molecule has 1 rings (SSSR count). The Balaban J connectivity index is 3.30. The molecule has 0 aromatic heterocycles. The third-order valence-corrected chi connectivity index (χ3v) is 4.65. The maximum absolute atomic E-state index is 10.6. The number of phenolic OH excluding ortho intramolecular Hbond substituents is 2. The van der Waals surface area contributed by atoms with Gasteiger partial charge in [-0.05, 0) is 61.8 Å². The molecule has 0 saturated heterocycles. The molecular formula is C22H34O2. The molecule has 0 saturated carbocycles. The summed E-state index contributed by atoms with van der Waals surface area (Å²) in [7, 11) is 0. The Morgan fingerprint density at radius 2 is 1.58 bits per heavy atom. The van der Waals surface area contributed by atoms with Gasteiger partial charge in [0, 0.05) is 11.1 Å². The van der Waals surface area contributed by atoms with E-state index in [1.165, 1.54) is 31.3 Å². The van der Waals surface area contributed by atoms with Crippen LogP contribution in [0.25, 0.3) is 6.08 Å². The lowest BCUT2D eigenvalue weighted by molar-refractivity contribution is 0.428. The molecular weight excluding hydrogens is 296 g/mol. The minimum Gasteiger partial charge on any atom is -0.507 e. The minimum atomic E-state index is -0.261. The van der Waals surface area contributed by atoms with E-state index >= 15 is 0 Å². The lowest BCUT2D eigenvalue weighted by atomic mass is 9.80. The quantitative estimate of drug-likeness (QED) is 0.353. The molecule has 1 aromatic carbocycles. The van der Waals surface area contributed by atoms with Crippen molar-refractivity contribution in [2.24, 2.45) is 0 Å². The molecule has 0 radical (unpaired) electrons. The van der Waals surface area contributed by atoms with E-state index in [1.54, 1.807) is 0 Å². The van der Waals surface area contributed by atoms with Crippen molar-refractivity contribution < 1.29 is 10.2 Å². The fraction of sp³-hybridized carbons (Fsp3) is 0.591. The molecule has 0 aliphatic rings. The molecule has 0 atom stereocenters. The van der Waals surface area contributed by atoms with E-state index in [-0.39, 0.29) is 16.9 Å². The van der Waals surface area contributed by atoms with Crippen LogP contribution in [0.4, 0.5) is 0 Å². The van der Waals surface area contributed by atoms with E-state index in [9.17, 15) is 10.2 Å². The van der Waals surface area contributed by atoms with E-state index in [1.807, 2.05) is 19.9 Å². The van der Waals surface area contributed by atoms with Gasteiger partial charge in [-0.3, -0.25) is 0 Å². The van der Waals surface area contributed by atoms with Crippen LogP contribution >= 0.6 is 0 Å². The normalized spacial score (nSPS) is 11.3. The Morgan fingerprint density at radius 3 is 2.12 bits per heavy atom. The number of aromatic hydroxyl groups is 2. The average molecular weight is 331 g/mol. The molecule has 134 valence electrons. The maximum atomic E-state index is 10.6. The van der Waals surface area contributed by atoms with Crippen molar-refractivity contribution in [1.29, 1.82) is 0 Å². The Bertz CT molecular complexity index is 639. The van der Waals surface area contributed by atoms with Crippen molar-refractivity contribution in [1.82, 2.24) is 0 Å². The van der Waals surface area contributed by atoms with Crippen LogP contribution in [-0.4, -0.2) is 10.2 Å². The molecule has 0 aliphatic heterocycles. The summed E-state index contributed by atoms with van der Waals surface area (Å²) in [6.45, 7) is 14.1. The van der Waals surface area contributed by atoms with Crippen LogP contribution in [0.2, 0.25) is 0 Å². The van der Waals surface area contributed by atoms with E-state index in [0.29, 0.717) is 5.56 Å². The Hall–Kier alpha value is -1.66. The second-order valence-corrected chi connectivity index (χ2v) is 7.87. The molecule has 0 unspecified atom stereocenters. The van der Waals surface area contributed by atoms with E-state index < -0.39 is 0 Å². The topological polar surface area (TPSA) is 40.5 Å². The third kappa shape index (κ3) is 4.92. The van der Waals surface area contributed by atoms with Gasteiger partial charge >= 0.3 is 0 Å². The molecule has 2 heteroatoms. The monoisotopic (exact) mass is 330 g/mol. The molecule has 1 aromatic rings. The summed E-state index contributed by atoms with van der Waals surface area (Å²) in [4.78, 5) is 0. The second kappa shape index (κ2) is 8.44. The van der Waals surface area contributed by atoms with Gasteiger partial charge in [-0.15, -0.1) is 5.73 Å². The Kier molecular flexibility index (Phi) is 7.17. The van der Waals surface area contributed by atoms with Crippen molar-refractivity contribution in [2.45, 2.75) is 86.0 Å². The highest BCUT2D eigenvalue weighted by Gasteiger charge is 2.26. The largest absolute Gasteiger partial charge is 0.507 e. The van der Waals surface area contributed by atoms with Crippen LogP contribution in [-0.2, 0) is 5.41 Å². The van der Waals surface area contributed by atoms with Crippen molar-refractivity contribution in [2.75, 3.05) is 0 Å². The number of allylic oxidation sites excluding steroid dienone is 1.